The number of carbonyl (C=O) groups is 1. The Morgan fingerprint density at radius 1 is 1.47 bits per heavy atom. The molecule has 1 saturated carbocycles. The monoisotopic (exact) mass is 208 g/mol. The highest BCUT2D eigenvalue weighted by Gasteiger charge is 2.20. The van der Waals surface area contributed by atoms with Crippen molar-refractivity contribution in [3.05, 3.63) is 11.9 Å². The molecular weight excluding hydrogens is 192 g/mol. The van der Waals surface area contributed by atoms with Crippen LogP contribution in [0.5, 0.6) is 0 Å². The number of rotatable bonds is 2. The molecule has 15 heavy (non-hydrogen) atoms. The van der Waals surface area contributed by atoms with E-state index >= 15 is 0 Å². The lowest BCUT2D eigenvalue weighted by Crippen LogP contribution is -2.37. The summed E-state index contributed by atoms with van der Waals surface area (Å²) in [7, 11) is 0. The highest BCUT2D eigenvalue weighted by molar-refractivity contribution is 5.91. The first-order chi connectivity index (χ1) is 7.25. The van der Waals surface area contributed by atoms with Gasteiger partial charge in [-0.05, 0) is 31.6 Å². The molecule has 5 heteroatoms. The Morgan fingerprint density at radius 2 is 2.20 bits per heavy atom. The average molecular weight is 208 g/mol. The SMILES string of the molecule is CC1CCC(NC(=O)c2cn[nH]n2)CC1. The fourth-order valence-corrected chi connectivity index (χ4v) is 1.97. The molecule has 1 aromatic heterocycles. The number of aromatic nitrogens is 3. The maximum Gasteiger partial charge on any atom is 0.273 e. The van der Waals surface area contributed by atoms with Gasteiger partial charge in [-0.15, -0.1) is 0 Å². The van der Waals surface area contributed by atoms with E-state index in [2.05, 4.69) is 27.7 Å². The Balaban J connectivity index is 1.85. The third kappa shape index (κ3) is 2.55. The Kier molecular flexibility index (Phi) is 2.99. The molecule has 1 aliphatic rings. The number of hydrogen-bond donors (Lipinski definition) is 2. The molecular formula is C10H16N4O. The minimum Gasteiger partial charge on any atom is -0.348 e. The van der Waals surface area contributed by atoms with Crippen molar-refractivity contribution in [2.75, 3.05) is 0 Å². The largest absolute Gasteiger partial charge is 0.348 e. The third-order valence-corrected chi connectivity index (χ3v) is 3.00. The van der Waals surface area contributed by atoms with Crippen molar-refractivity contribution in [1.29, 1.82) is 0 Å². The summed E-state index contributed by atoms with van der Waals surface area (Å²) in [6, 6.07) is 0.311. The zero-order valence-corrected chi connectivity index (χ0v) is 8.86. The summed E-state index contributed by atoms with van der Waals surface area (Å²) in [6.07, 6.45) is 5.99. The van der Waals surface area contributed by atoms with Crippen molar-refractivity contribution in [2.45, 2.75) is 38.6 Å². The van der Waals surface area contributed by atoms with Gasteiger partial charge in [0.15, 0.2) is 5.69 Å². The molecule has 2 N–H and O–H groups in total. The van der Waals surface area contributed by atoms with Gasteiger partial charge in [-0.1, -0.05) is 6.92 Å². The van der Waals surface area contributed by atoms with Crippen LogP contribution in [-0.2, 0) is 0 Å². The first-order valence-corrected chi connectivity index (χ1v) is 5.42. The maximum atomic E-state index is 11.6. The lowest BCUT2D eigenvalue weighted by molar-refractivity contribution is 0.0918. The van der Waals surface area contributed by atoms with Crippen molar-refractivity contribution in [3.63, 3.8) is 0 Å². The van der Waals surface area contributed by atoms with Crippen molar-refractivity contribution in [1.82, 2.24) is 20.7 Å². The van der Waals surface area contributed by atoms with Gasteiger partial charge in [-0.3, -0.25) is 4.79 Å². The highest BCUT2D eigenvalue weighted by atomic mass is 16.2. The lowest BCUT2D eigenvalue weighted by atomic mass is 9.87. The van der Waals surface area contributed by atoms with Crippen molar-refractivity contribution >= 4 is 5.91 Å². The smallest absolute Gasteiger partial charge is 0.273 e. The molecule has 1 fully saturated rings. The maximum absolute atomic E-state index is 11.6. The van der Waals surface area contributed by atoms with E-state index < -0.39 is 0 Å². The molecule has 0 bridgehead atoms. The van der Waals surface area contributed by atoms with E-state index in [0.717, 1.165) is 18.8 Å². The van der Waals surface area contributed by atoms with Crippen LogP contribution >= 0.6 is 0 Å². The summed E-state index contributed by atoms with van der Waals surface area (Å²) in [6.45, 7) is 2.26. The normalized spacial score (nSPS) is 26.2. The molecule has 0 aromatic carbocycles. The van der Waals surface area contributed by atoms with E-state index in [4.69, 9.17) is 0 Å². The zero-order chi connectivity index (χ0) is 10.7. The molecule has 1 amide bonds. The second kappa shape index (κ2) is 4.42. The van der Waals surface area contributed by atoms with E-state index in [1.165, 1.54) is 19.0 Å². The molecule has 1 aliphatic carbocycles. The number of H-pyrrole nitrogens is 1. The van der Waals surface area contributed by atoms with Gasteiger partial charge < -0.3 is 5.32 Å². The van der Waals surface area contributed by atoms with Gasteiger partial charge in [0.05, 0.1) is 6.20 Å². The number of amides is 1. The second-order valence-electron chi connectivity index (χ2n) is 4.29. The minimum absolute atomic E-state index is 0.122. The summed E-state index contributed by atoms with van der Waals surface area (Å²) >= 11 is 0. The van der Waals surface area contributed by atoms with E-state index in [1.54, 1.807) is 0 Å². The van der Waals surface area contributed by atoms with Gasteiger partial charge in [0.1, 0.15) is 0 Å². The quantitative estimate of drug-likeness (QED) is 0.765. The standard InChI is InChI=1S/C10H16N4O/c1-7-2-4-8(5-3-7)12-10(15)9-6-11-14-13-9/h6-8H,2-5H2,1H3,(H,12,15)(H,11,13,14). The molecule has 0 atom stereocenters. The average Bonchev–Trinajstić information content (AvgIpc) is 2.74. The van der Waals surface area contributed by atoms with Crippen LogP contribution in [0.25, 0.3) is 0 Å². The van der Waals surface area contributed by atoms with E-state index in [-0.39, 0.29) is 5.91 Å². The molecule has 0 unspecified atom stereocenters. The topological polar surface area (TPSA) is 70.7 Å². The molecule has 5 nitrogen and oxygen atoms in total. The number of nitrogens with zero attached hydrogens (tertiary/aromatic N) is 2. The van der Waals surface area contributed by atoms with Crippen LogP contribution < -0.4 is 5.32 Å². The molecule has 0 radical (unpaired) electrons. The van der Waals surface area contributed by atoms with Crippen LogP contribution in [0.4, 0.5) is 0 Å². The molecule has 2 rings (SSSR count). The first kappa shape index (κ1) is 10.1. The van der Waals surface area contributed by atoms with Gasteiger partial charge in [0, 0.05) is 6.04 Å². The molecule has 0 saturated heterocycles. The number of carbonyl (C=O) groups excluding carboxylic acids is 1. The van der Waals surface area contributed by atoms with Crippen molar-refractivity contribution in [3.8, 4) is 0 Å². The summed E-state index contributed by atoms with van der Waals surface area (Å²) in [5, 5.41) is 12.8. The predicted octanol–water partition coefficient (Wildman–Crippen LogP) is 1.11. The van der Waals surface area contributed by atoms with E-state index in [9.17, 15) is 4.79 Å². The van der Waals surface area contributed by atoms with Crippen LogP contribution in [0.2, 0.25) is 0 Å². The fraction of sp³-hybridized carbons (Fsp3) is 0.700. The third-order valence-electron chi connectivity index (χ3n) is 3.00. The van der Waals surface area contributed by atoms with Gasteiger partial charge in [0.25, 0.3) is 5.91 Å². The minimum atomic E-state index is -0.122. The Morgan fingerprint density at radius 3 is 2.80 bits per heavy atom. The fourth-order valence-electron chi connectivity index (χ4n) is 1.97. The van der Waals surface area contributed by atoms with Crippen LogP contribution in [0.15, 0.2) is 6.20 Å². The number of aromatic amines is 1. The van der Waals surface area contributed by atoms with Gasteiger partial charge in [0.2, 0.25) is 0 Å². The van der Waals surface area contributed by atoms with Crippen molar-refractivity contribution < 1.29 is 4.79 Å². The summed E-state index contributed by atoms with van der Waals surface area (Å²) in [4.78, 5) is 11.6. The van der Waals surface area contributed by atoms with Gasteiger partial charge in [-0.2, -0.15) is 15.4 Å². The Labute approximate surface area is 88.6 Å². The number of hydrogen-bond acceptors (Lipinski definition) is 3. The van der Waals surface area contributed by atoms with Crippen LogP contribution in [0.3, 0.4) is 0 Å². The summed E-state index contributed by atoms with van der Waals surface area (Å²) in [5.41, 5.74) is 0.369. The molecule has 1 aromatic rings. The number of nitrogens with one attached hydrogen (secondary N) is 2. The van der Waals surface area contributed by atoms with Gasteiger partial charge >= 0.3 is 0 Å². The molecule has 82 valence electrons. The van der Waals surface area contributed by atoms with E-state index in [0.29, 0.717) is 11.7 Å². The molecule has 0 spiro atoms. The predicted molar refractivity (Wildman–Crippen MR) is 55.3 cm³/mol. The first-order valence-electron chi connectivity index (χ1n) is 5.42. The lowest BCUT2D eigenvalue weighted by Gasteiger charge is -2.26. The van der Waals surface area contributed by atoms with Crippen molar-refractivity contribution in [2.24, 2.45) is 5.92 Å². The van der Waals surface area contributed by atoms with Gasteiger partial charge in [-0.25, -0.2) is 0 Å². The Bertz CT molecular complexity index is 314. The van der Waals surface area contributed by atoms with E-state index in [1.807, 2.05) is 0 Å². The van der Waals surface area contributed by atoms with Crippen LogP contribution in [-0.4, -0.2) is 27.4 Å². The molecule has 1 heterocycles. The highest BCUT2D eigenvalue weighted by Crippen LogP contribution is 2.23. The summed E-state index contributed by atoms with van der Waals surface area (Å²) in [5.74, 6) is 0.675. The van der Waals surface area contributed by atoms with Crippen LogP contribution in [0, 0.1) is 5.92 Å². The molecule has 0 aliphatic heterocycles. The van der Waals surface area contributed by atoms with Crippen LogP contribution in [0.1, 0.15) is 43.1 Å². The summed E-state index contributed by atoms with van der Waals surface area (Å²) < 4.78 is 0. The zero-order valence-electron chi connectivity index (χ0n) is 8.86. The Hall–Kier alpha value is -1.39. The second-order valence-corrected chi connectivity index (χ2v) is 4.29.